The van der Waals surface area contributed by atoms with Crippen molar-refractivity contribution in [3.8, 4) is 5.75 Å². The lowest BCUT2D eigenvalue weighted by atomic mass is 9.98. The second-order valence-electron chi connectivity index (χ2n) is 5.90. The Morgan fingerprint density at radius 2 is 2.14 bits per heavy atom. The number of hydrogen-bond donors (Lipinski definition) is 0. The molecule has 0 radical (unpaired) electrons. The van der Waals surface area contributed by atoms with E-state index in [0.717, 1.165) is 56.2 Å². The first kappa shape index (κ1) is 15.0. The quantitative estimate of drug-likeness (QED) is 0.845. The molecule has 0 saturated carbocycles. The van der Waals surface area contributed by atoms with Crippen LogP contribution >= 0.6 is 0 Å². The molecule has 0 unspecified atom stereocenters. The fourth-order valence-corrected chi connectivity index (χ4v) is 2.75. The molecular formula is C16H22N4O2. The molecule has 118 valence electrons. The van der Waals surface area contributed by atoms with Crippen molar-refractivity contribution < 1.29 is 9.26 Å². The van der Waals surface area contributed by atoms with Gasteiger partial charge in [-0.2, -0.15) is 4.98 Å². The van der Waals surface area contributed by atoms with Gasteiger partial charge in [-0.15, -0.1) is 0 Å². The van der Waals surface area contributed by atoms with Gasteiger partial charge in [0.2, 0.25) is 5.89 Å². The maximum Gasteiger partial charge on any atom is 0.223 e. The maximum absolute atomic E-state index is 5.93. The molecule has 0 spiro atoms. The molecule has 1 fully saturated rings. The van der Waals surface area contributed by atoms with Gasteiger partial charge in [0.05, 0.1) is 13.2 Å². The highest BCUT2D eigenvalue weighted by atomic mass is 16.5. The number of ether oxygens (including phenoxy) is 1. The van der Waals surface area contributed by atoms with Crippen LogP contribution in [0.3, 0.4) is 0 Å². The Hall–Kier alpha value is -1.95. The number of pyridine rings is 1. The van der Waals surface area contributed by atoms with E-state index in [9.17, 15) is 0 Å². The Morgan fingerprint density at radius 1 is 1.32 bits per heavy atom. The van der Waals surface area contributed by atoms with Crippen LogP contribution < -0.4 is 4.74 Å². The van der Waals surface area contributed by atoms with Crippen molar-refractivity contribution in [1.82, 2.24) is 20.0 Å². The second kappa shape index (κ2) is 6.87. The summed E-state index contributed by atoms with van der Waals surface area (Å²) in [6, 6.07) is 1.93. The van der Waals surface area contributed by atoms with Crippen LogP contribution in [-0.4, -0.2) is 39.7 Å². The molecule has 0 aliphatic carbocycles. The van der Waals surface area contributed by atoms with Gasteiger partial charge < -0.3 is 9.26 Å². The number of aryl methyl sites for hydroxylation is 2. The van der Waals surface area contributed by atoms with Crippen molar-refractivity contribution in [3.63, 3.8) is 0 Å². The van der Waals surface area contributed by atoms with E-state index in [2.05, 4.69) is 20.0 Å². The highest BCUT2D eigenvalue weighted by molar-refractivity contribution is 5.28. The fourth-order valence-electron chi connectivity index (χ4n) is 2.75. The summed E-state index contributed by atoms with van der Waals surface area (Å²) < 4.78 is 10.9. The summed E-state index contributed by atoms with van der Waals surface area (Å²) in [4.78, 5) is 10.7. The third-order valence-electron chi connectivity index (χ3n) is 4.09. The minimum Gasteiger partial charge on any atom is -0.493 e. The monoisotopic (exact) mass is 302 g/mol. The molecule has 1 aliphatic heterocycles. The van der Waals surface area contributed by atoms with Crippen LogP contribution in [0, 0.1) is 19.8 Å². The first-order valence-electron chi connectivity index (χ1n) is 7.75. The summed E-state index contributed by atoms with van der Waals surface area (Å²) in [5.74, 6) is 2.96. The number of aromatic nitrogens is 3. The van der Waals surface area contributed by atoms with Gasteiger partial charge in [-0.05, 0) is 44.8 Å². The molecule has 2 aromatic rings. The molecule has 3 heterocycles. The Bertz CT molecular complexity index is 606. The van der Waals surface area contributed by atoms with E-state index in [-0.39, 0.29) is 0 Å². The maximum atomic E-state index is 5.93. The van der Waals surface area contributed by atoms with Crippen LogP contribution in [0.15, 0.2) is 23.0 Å². The van der Waals surface area contributed by atoms with Crippen molar-refractivity contribution in [2.75, 3.05) is 19.7 Å². The molecule has 1 aliphatic rings. The summed E-state index contributed by atoms with van der Waals surface area (Å²) in [5.41, 5.74) is 1.09. The predicted molar refractivity (Wildman–Crippen MR) is 81.5 cm³/mol. The van der Waals surface area contributed by atoms with Crippen LogP contribution in [0.1, 0.15) is 30.1 Å². The van der Waals surface area contributed by atoms with E-state index < -0.39 is 0 Å². The molecule has 2 aromatic heterocycles. The highest BCUT2D eigenvalue weighted by Crippen LogP contribution is 2.21. The van der Waals surface area contributed by atoms with Crippen molar-refractivity contribution in [2.24, 2.45) is 5.92 Å². The molecule has 22 heavy (non-hydrogen) atoms. The lowest BCUT2D eigenvalue weighted by Crippen LogP contribution is -2.35. The number of piperidine rings is 1. The lowest BCUT2D eigenvalue weighted by molar-refractivity contribution is 0.133. The zero-order chi connectivity index (χ0) is 15.4. The number of nitrogens with zero attached hydrogens (tertiary/aromatic N) is 4. The van der Waals surface area contributed by atoms with E-state index >= 15 is 0 Å². The van der Waals surface area contributed by atoms with Crippen LogP contribution in [0.4, 0.5) is 0 Å². The first-order chi connectivity index (χ1) is 10.7. The summed E-state index contributed by atoms with van der Waals surface area (Å²) in [7, 11) is 0. The first-order valence-corrected chi connectivity index (χ1v) is 7.75. The largest absolute Gasteiger partial charge is 0.493 e. The van der Waals surface area contributed by atoms with Gasteiger partial charge in [0, 0.05) is 24.9 Å². The van der Waals surface area contributed by atoms with Gasteiger partial charge in [-0.1, -0.05) is 5.16 Å². The summed E-state index contributed by atoms with van der Waals surface area (Å²) >= 11 is 0. The standard InChI is InChI=1S/C16H22N4O2/c1-12-9-17-6-3-15(12)21-11-14-4-7-20(8-5-14)10-16-18-13(2)22-19-16/h3,6,9,14H,4-5,7-8,10-11H2,1-2H3. The van der Waals surface area contributed by atoms with E-state index in [1.165, 1.54) is 0 Å². The Balaban J connectivity index is 1.43. The molecule has 0 amide bonds. The summed E-state index contributed by atoms with van der Waals surface area (Å²) in [5, 5.41) is 3.96. The zero-order valence-electron chi connectivity index (χ0n) is 13.2. The van der Waals surface area contributed by atoms with Crippen LogP contribution in [0.2, 0.25) is 0 Å². The van der Waals surface area contributed by atoms with Gasteiger partial charge in [0.1, 0.15) is 5.75 Å². The molecule has 6 heteroatoms. The van der Waals surface area contributed by atoms with E-state index in [1.54, 1.807) is 6.20 Å². The summed E-state index contributed by atoms with van der Waals surface area (Å²) in [6.07, 6.45) is 5.89. The Labute approximate surface area is 130 Å². The molecule has 0 bridgehead atoms. The van der Waals surface area contributed by atoms with E-state index in [1.807, 2.05) is 26.1 Å². The number of likely N-dealkylation sites (tertiary alicyclic amines) is 1. The van der Waals surface area contributed by atoms with Gasteiger partial charge >= 0.3 is 0 Å². The predicted octanol–water partition coefficient (Wildman–Crippen LogP) is 2.37. The van der Waals surface area contributed by atoms with Crippen LogP contribution in [-0.2, 0) is 6.54 Å². The smallest absolute Gasteiger partial charge is 0.223 e. The van der Waals surface area contributed by atoms with Crippen LogP contribution in [0.5, 0.6) is 5.75 Å². The number of hydrogen-bond acceptors (Lipinski definition) is 6. The number of rotatable bonds is 5. The van der Waals surface area contributed by atoms with Crippen LogP contribution in [0.25, 0.3) is 0 Å². The minimum atomic E-state index is 0.607. The normalized spacial score (nSPS) is 16.8. The van der Waals surface area contributed by atoms with Crippen molar-refractivity contribution in [3.05, 3.63) is 35.7 Å². The fraction of sp³-hybridized carbons (Fsp3) is 0.562. The Kier molecular flexibility index (Phi) is 4.68. The average molecular weight is 302 g/mol. The molecule has 6 nitrogen and oxygen atoms in total. The van der Waals surface area contributed by atoms with E-state index in [0.29, 0.717) is 11.8 Å². The lowest BCUT2D eigenvalue weighted by Gasteiger charge is -2.31. The topological polar surface area (TPSA) is 64.3 Å². The molecule has 0 atom stereocenters. The third-order valence-corrected chi connectivity index (χ3v) is 4.09. The molecular weight excluding hydrogens is 280 g/mol. The highest BCUT2D eigenvalue weighted by Gasteiger charge is 2.21. The molecule has 0 aromatic carbocycles. The zero-order valence-corrected chi connectivity index (χ0v) is 13.2. The molecule has 3 rings (SSSR count). The van der Waals surface area contributed by atoms with Gasteiger partial charge in [-0.25, -0.2) is 0 Å². The minimum absolute atomic E-state index is 0.607. The second-order valence-corrected chi connectivity index (χ2v) is 5.90. The SMILES string of the molecule is Cc1nc(CN2CCC(COc3ccncc3C)CC2)no1. The van der Waals surface area contributed by atoms with Gasteiger partial charge in [0.15, 0.2) is 5.82 Å². The van der Waals surface area contributed by atoms with Crippen molar-refractivity contribution in [2.45, 2.75) is 33.2 Å². The van der Waals surface area contributed by atoms with E-state index in [4.69, 9.17) is 9.26 Å². The average Bonchev–Trinajstić information content (AvgIpc) is 2.93. The molecule has 1 saturated heterocycles. The van der Waals surface area contributed by atoms with Crippen molar-refractivity contribution in [1.29, 1.82) is 0 Å². The molecule has 0 N–H and O–H groups in total. The van der Waals surface area contributed by atoms with Crippen molar-refractivity contribution >= 4 is 0 Å². The summed E-state index contributed by atoms with van der Waals surface area (Å²) in [6.45, 7) is 7.50. The third kappa shape index (κ3) is 3.82. The van der Waals surface area contributed by atoms with Gasteiger partial charge in [0.25, 0.3) is 0 Å². The Morgan fingerprint density at radius 3 is 2.82 bits per heavy atom. The van der Waals surface area contributed by atoms with Gasteiger partial charge in [-0.3, -0.25) is 9.88 Å².